The van der Waals surface area contributed by atoms with Gasteiger partial charge in [0.1, 0.15) is 18.5 Å². The average Bonchev–Trinajstić information content (AvgIpc) is 3.19. The van der Waals surface area contributed by atoms with Crippen molar-refractivity contribution in [3.05, 3.63) is 11.6 Å². The van der Waals surface area contributed by atoms with Gasteiger partial charge in [0.15, 0.2) is 0 Å². The highest BCUT2D eigenvalue weighted by atomic mass is 16.7. The molecule has 27 heavy (non-hydrogen) atoms. The molecule has 5 heteroatoms. The van der Waals surface area contributed by atoms with Gasteiger partial charge in [0.2, 0.25) is 0 Å². The highest BCUT2D eigenvalue weighted by molar-refractivity contribution is 5.90. The van der Waals surface area contributed by atoms with Gasteiger partial charge >= 0.3 is 5.97 Å². The quantitative estimate of drug-likeness (QED) is 0.318. The summed E-state index contributed by atoms with van der Waals surface area (Å²) < 4.78 is 11.0. The van der Waals surface area contributed by atoms with Crippen LogP contribution in [0.4, 0.5) is 0 Å². The fourth-order valence-corrected chi connectivity index (χ4v) is 7.94. The number of methoxy groups -OCH3 is 1. The minimum Gasteiger partial charge on any atom is -0.481 e. The molecule has 4 aliphatic carbocycles. The van der Waals surface area contributed by atoms with Crippen molar-refractivity contribution in [3.63, 3.8) is 0 Å². The summed E-state index contributed by atoms with van der Waals surface area (Å²) in [4.78, 5) is 25.9. The summed E-state index contributed by atoms with van der Waals surface area (Å²) >= 11 is 0. The van der Waals surface area contributed by atoms with E-state index in [1.54, 1.807) is 7.11 Å². The number of hydrogen-bond acceptors (Lipinski definition) is 4. The molecule has 0 heterocycles. The SMILES string of the molecule is COCOC[C@@]12C[C@@H]3[C@H](C)CC[C@H]3[C@@]3(C=O)C[C@@H]1C=C(C(C)C)[C@@]23C(=O)O. The Hall–Kier alpha value is -1.20. The Morgan fingerprint density at radius 1 is 1.37 bits per heavy atom. The van der Waals surface area contributed by atoms with Crippen LogP contribution in [0.15, 0.2) is 11.6 Å². The van der Waals surface area contributed by atoms with Crippen molar-refractivity contribution >= 4 is 12.3 Å². The Labute approximate surface area is 161 Å². The summed E-state index contributed by atoms with van der Waals surface area (Å²) in [6.07, 6.45) is 6.79. The van der Waals surface area contributed by atoms with Crippen LogP contribution >= 0.6 is 0 Å². The second kappa shape index (κ2) is 6.15. The van der Waals surface area contributed by atoms with Crippen LogP contribution in [0.25, 0.3) is 0 Å². The topological polar surface area (TPSA) is 72.8 Å². The van der Waals surface area contributed by atoms with E-state index >= 15 is 0 Å². The molecular weight excluding hydrogens is 344 g/mol. The van der Waals surface area contributed by atoms with Crippen molar-refractivity contribution in [1.29, 1.82) is 0 Å². The zero-order valence-corrected chi connectivity index (χ0v) is 16.9. The molecule has 0 aromatic carbocycles. The zero-order chi connectivity index (χ0) is 19.6. The van der Waals surface area contributed by atoms with E-state index in [9.17, 15) is 14.7 Å². The number of ether oxygens (including phenoxy) is 2. The summed E-state index contributed by atoms with van der Waals surface area (Å²) in [5.41, 5.74) is -1.53. The smallest absolute Gasteiger partial charge is 0.315 e. The van der Waals surface area contributed by atoms with Crippen molar-refractivity contribution in [3.8, 4) is 0 Å². The summed E-state index contributed by atoms with van der Waals surface area (Å²) in [6.45, 7) is 6.88. The van der Waals surface area contributed by atoms with Crippen LogP contribution in [-0.2, 0) is 19.1 Å². The lowest BCUT2D eigenvalue weighted by atomic mass is 9.43. The zero-order valence-electron chi connectivity index (χ0n) is 16.9. The van der Waals surface area contributed by atoms with E-state index < -0.39 is 22.2 Å². The standard InChI is InChI=1S/C22H32O5/c1-13(2)18-7-15-8-20(10-23)17-6-5-14(3)16(17)9-21(15,11-27-12-26-4)22(18,20)19(24)25/h7,10,13-17H,5-6,8-9,11-12H2,1-4H3,(H,24,25)/t14-,15+,16-,17-,20+,21+,22+/m1/s1. The van der Waals surface area contributed by atoms with Crippen molar-refractivity contribution in [1.82, 2.24) is 0 Å². The van der Waals surface area contributed by atoms with E-state index in [0.717, 1.165) is 31.1 Å². The average molecular weight is 376 g/mol. The van der Waals surface area contributed by atoms with Crippen LogP contribution in [0.5, 0.6) is 0 Å². The van der Waals surface area contributed by atoms with Crippen molar-refractivity contribution in [2.45, 2.75) is 46.5 Å². The first-order valence-electron chi connectivity index (χ1n) is 10.3. The van der Waals surface area contributed by atoms with Gasteiger partial charge in [-0.1, -0.05) is 38.8 Å². The van der Waals surface area contributed by atoms with E-state index in [1.807, 2.05) is 0 Å². The molecule has 3 fully saturated rings. The molecule has 0 aromatic rings. The molecule has 150 valence electrons. The number of carboxylic acid groups (broad SMARTS) is 1. The highest BCUT2D eigenvalue weighted by Gasteiger charge is 2.84. The number of aldehydes is 1. The third-order valence-corrected chi connectivity index (χ3v) is 8.68. The number of allylic oxidation sites excluding steroid dienone is 1. The van der Waals surface area contributed by atoms with Crippen LogP contribution in [0.3, 0.4) is 0 Å². The van der Waals surface area contributed by atoms with Gasteiger partial charge < -0.3 is 19.4 Å². The molecule has 4 bridgehead atoms. The number of aliphatic carboxylic acids is 1. The van der Waals surface area contributed by atoms with Crippen LogP contribution < -0.4 is 0 Å². The predicted molar refractivity (Wildman–Crippen MR) is 99.8 cm³/mol. The van der Waals surface area contributed by atoms with E-state index in [4.69, 9.17) is 9.47 Å². The van der Waals surface area contributed by atoms with Gasteiger partial charge in [-0.3, -0.25) is 4.79 Å². The van der Waals surface area contributed by atoms with Gasteiger partial charge in [0, 0.05) is 12.5 Å². The Balaban J connectivity index is 1.94. The largest absolute Gasteiger partial charge is 0.481 e. The van der Waals surface area contributed by atoms with E-state index in [1.165, 1.54) is 0 Å². The number of hydrogen-bond donors (Lipinski definition) is 1. The Bertz CT molecular complexity index is 684. The van der Waals surface area contributed by atoms with Crippen molar-refractivity contribution < 1.29 is 24.2 Å². The first-order chi connectivity index (χ1) is 12.8. The fraction of sp³-hybridized carbons (Fsp3) is 0.818. The predicted octanol–water partition coefficient (Wildman–Crippen LogP) is 3.53. The molecule has 0 radical (unpaired) electrons. The molecule has 0 aliphatic heterocycles. The molecule has 3 saturated carbocycles. The monoisotopic (exact) mass is 376 g/mol. The second-order valence-corrected chi connectivity index (χ2v) is 9.74. The van der Waals surface area contributed by atoms with Gasteiger partial charge in [0.05, 0.1) is 12.0 Å². The third kappa shape index (κ3) is 1.97. The number of fused-ring (bicyclic) bond motifs is 2. The lowest BCUT2D eigenvalue weighted by Crippen LogP contribution is -2.63. The highest BCUT2D eigenvalue weighted by Crippen LogP contribution is 2.82. The molecule has 0 unspecified atom stereocenters. The second-order valence-electron chi connectivity index (χ2n) is 9.74. The summed E-state index contributed by atoms with van der Waals surface area (Å²) in [7, 11) is 1.58. The van der Waals surface area contributed by atoms with Crippen LogP contribution in [0, 0.1) is 45.8 Å². The summed E-state index contributed by atoms with van der Waals surface area (Å²) in [5, 5.41) is 10.7. The minimum atomic E-state index is -1.14. The third-order valence-electron chi connectivity index (χ3n) is 8.68. The molecule has 0 aromatic heterocycles. The first kappa shape index (κ1) is 19.1. The molecule has 7 atom stereocenters. The molecule has 4 rings (SSSR count). The van der Waals surface area contributed by atoms with E-state index in [-0.39, 0.29) is 24.5 Å². The summed E-state index contributed by atoms with van der Waals surface area (Å²) in [6, 6.07) is 0. The van der Waals surface area contributed by atoms with Gasteiger partial charge in [-0.2, -0.15) is 0 Å². The van der Waals surface area contributed by atoms with Crippen LogP contribution in [0.1, 0.15) is 46.5 Å². The maximum absolute atomic E-state index is 13.1. The van der Waals surface area contributed by atoms with Crippen LogP contribution in [0.2, 0.25) is 0 Å². The molecule has 4 aliphatic rings. The number of carbonyl (C=O) groups is 2. The van der Waals surface area contributed by atoms with Crippen LogP contribution in [-0.4, -0.2) is 37.9 Å². The van der Waals surface area contributed by atoms with Crippen molar-refractivity contribution in [2.75, 3.05) is 20.5 Å². The maximum Gasteiger partial charge on any atom is 0.315 e. The van der Waals surface area contributed by atoms with E-state index in [2.05, 4.69) is 26.8 Å². The molecule has 0 spiro atoms. The van der Waals surface area contributed by atoms with Gasteiger partial charge in [-0.15, -0.1) is 0 Å². The van der Waals surface area contributed by atoms with Gasteiger partial charge in [0.25, 0.3) is 0 Å². The van der Waals surface area contributed by atoms with Gasteiger partial charge in [-0.25, -0.2) is 0 Å². The van der Waals surface area contributed by atoms with Gasteiger partial charge in [-0.05, 0) is 48.9 Å². The maximum atomic E-state index is 13.1. The molecular formula is C22H32O5. The minimum absolute atomic E-state index is 0.0888. The lowest BCUT2D eigenvalue weighted by molar-refractivity contribution is -0.191. The number of carboxylic acids is 1. The normalized spacial score (nSPS) is 47.2. The number of rotatable bonds is 7. The molecule has 0 saturated heterocycles. The molecule has 0 amide bonds. The molecule has 1 N–H and O–H groups in total. The molecule has 5 nitrogen and oxygen atoms in total. The lowest BCUT2D eigenvalue weighted by Gasteiger charge is -2.58. The summed E-state index contributed by atoms with van der Waals surface area (Å²) in [5.74, 6) is 0.465. The number of carbonyl (C=O) groups excluding carboxylic acids is 1. The first-order valence-corrected chi connectivity index (χ1v) is 10.3. The Morgan fingerprint density at radius 3 is 2.70 bits per heavy atom. The van der Waals surface area contributed by atoms with Crippen molar-refractivity contribution in [2.24, 2.45) is 45.8 Å². The van der Waals surface area contributed by atoms with E-state index in [0.29, 0.717) is 24.9 Å². The fourth-order valence-electron chi connectivity index (χ4n) is 7.94. The Kier molecular flexibility index (Phi) is 4.36. The Morgan fingerprint density at radius 2 is 2.11 bits per heavy atom.